The quantitative estimate of drug-likeness (QED) is 0.457. The molecule has 3 aromatic carbocycles. The summed E-state index contributed by atoms with van der Waals surface area (Å²) < 4.78 is 5.25. The molecule has 0 radical (unpaired) electrons. The average Bonchev–Trinajstić information content (AvgIpc) is 3.23. The molecule has 5 nitrogen and oxygen atoms in total. The third-order valence-electron chi connectivity index (χ3n) is 5.61. The van der Waals surface area contributed by atoms with E-state index in [9.17, 15) is 4.79 Å². The predicted molar refractivity (Wildman–Crippen MR) is 126 cm³/mol. The van der Waals surface area contributed by atoms with Crippen LogP contribution >= 0.6 is 0 Å². The predicted octanol–water partition coefficient (Wildman–Crippen LogP) is 4.80. The first-order valence-electron chi connectivity index (χ1n) is 10.3. The lowest BCUT2D eigenvalue weighted by Crippen LogP contribution is -2.29. The van der Waals surface area contributed by atoms with Gasteiger partial charge in [0.1, 0.15) is 5.75 Å². The highest BCUT2D eigenvalue weighted by molar-refractivity contribution is 5.94. The molecule has 5 heteroatoms. The number of hydrogen-bond donors (Lipinski definition) is 2. The van der Waals surface area contributed by atoms with Crippen molar-refractivity contribution >= 4 is 22.5 Å². The van der Waals surface area contributed by atoms with Gasteiger partial charge in [0.05, 0.1) is 7.11 Å². The number of ether oxygens (including phenoxy) is 1. The van der Waals surface area contributed by atoms with Gasteiger partial charge >= 0.3 is 0 Å². The lowest BCUT2D eigenvalue weighted by atomic mass is 9.90. The van der Waals surface area contributed by atoms with E-state index in [1.54, 1.807) is 19.2 Å². The molecule has 0 aliphatic carbocycles. The van der Waals surface area contributed by atoms with Gasteiger partial charge in [-0.05, 0) is 47.5 Å². The summed E-state index contributed by atoms with van der Waals surface area (Å²) >= 11 is 0. The first-order valence-corrected chi connectivity index (χ1v) is 10.3. The van der Waals surface area contributed by atoms with Crippen molar-refractivity contribution in [1.82, 2.24) is 10.3 Å². The minimum atomic E-state index is -0.117. The zero-order valence-corrected chi connectivity index (χ0v) is 18.1. The summed E-state index contributed by atoms with van der Waals surface area (Å²) in [5.74, 6) is 0.565. The molecule has 0 fully saturated rings. The summed E-state index contributed by atoms with van der Waals surface area (Å²) in [6.45, 7) is 0.485. The van der Waals surface area contributed by atoms with Crippen LogP contribution in [-0.4, -0.2) is 38.6 Å². The van der Waals surface area contributed by atoms with Gasteiger partial charge < -0.3 is 19.9 Å². The molecule has 1 amide bonds. The Balaban J connectivity index is 1.64. The number of carbonyl (C=O) groups is 1. The Morgan fingerprint density at radius 1 is 1.03 bits per heavy atom. The maximum absolute atomic E-state index is 12.8. The van der Waals surface area contributed by atoms with Gasteiger partial charge in [-0.2, -0.15) is 0 Å². The molecule has 2 N–H and O–H groups in total. The van der Waals surface area contributed by atoms with Gasteiger partial charge in [-0.1, -0.05) is 36.4 Å². The zero-order valence-electron chi connectivity index (χ0n) is 18.1. The molecule has 0 aliphatic heterocycles. The van der Waals surface area contributed by atoms with Gasteiger partial charge in [-0.15, -0.1) is 0 Å². The van der Waals surface area contributed by atoms with Crippen LogP contribution in [0.25, 0.3) is 10.9 Å². The molecule has 0 aliphatic rings. The van der Waals surface area contributed by atoms with Crippen LogP contribution in [0, 0.1) is 0 Å². The monoisotopic (exact) mass is 413 g/mol. The molecule has 31 heavy (non-hydrogen) atoms. The number of carbonyl (C=O) groups excluding carboxylic acids is 1. The molecule has 4 rings (SSSR count). The van der Waals surface area contributed by atoms with Gasteiger partial charge in [0.25, 0.3) is 5.91 Å². The lowest BCUT2D eigenvalue weighted by Gasteiger charge is -2.20. The highest BCUT2D eigenvalue weighted by Gasteiger charge is 2.20. The molecule has 0 spiro atoms. The summed E-state index contributed by atoms with van der Waals surface area (Å²) in [7, 11) is 5.66. The summed E-state index contributed by atoms with van der Waals surface area (Å²) in [4.78, 5) is 18.3. The molecule has 158 valence electrons. The number of aromatic amines is 1. The standard InChI is InChI=1S/C26H27N3O2/c1-29(2)20-13-11-18(12-14-20)23(24-17-27-25-10-5-4-9-22(24)25)16-28-26(30)19-7-6-8-21(15-19)31-3/h4-15,17,23,27H,16H2,1-3H3,(H,28,30). The molecule has 1 aromatic heterocycles. The number of hydrogen-bond acceptors (Lipinski definition) is 3. The van der Waals surface area contributed by atoms with Crippen LogP contribution < -0.4 is 15.0 Å². The zero-order chi connectivity index (χ0) is 21.8. The third-order valence-corrected chi connectivity index (χ3v) is 5.61. The lowest BCUT2D eigenvalue weighted by molar-refractivity contribution is 0.0952. The van der Waals surface area contributed by atoms with Gasteiger partial charge in [-0.3, -0.25) is 4.79 Å². The van der Waals surface area contributed by atoms with E-state index in [-0.39, 0.29) is 11.8 Å². The minimum absolute atomic E-state index is 0.0157. The van der Waals surface area contributed by atoms with Crippen molar-refractivity contribution in [2.24, 2.45) is 0 Å². The molecular formula is C26H27N3O2. The van der Waals surface area contributed by atoms with Crippen LogP contribution in [0.2, 0.25) is 0 Å². The molecule has 0 saturated heterocycles. The molecular weight excluding hydrogens is 386 g/mol. The summed E-state index contributed by atoms with van der Waals surface area (Å²) in [5, 5.41) is 4.29. The number of benzene rings is 3. The fourth-order valence-electron chi connectivity index (χ4n) is 3.86. The maximum Gasteiger partial charge on any atom is 0.251 e. The van der Waals surface area contributed by atoms with Gasteiger partial charge in [0, 0.05) is 54.9 Å². The van der Waals surface area contributed by atoms with Crippen molar-refractivity contribution < 1.29 is 9.53 Å². The first kappa shape index (κ1) is 20.5. The maximum atomic E-state index is 12.8. The van der Waals surface area contributed by atoms with Crippen molar-refractivity contribution in [3.8, 4) is 5.75 Å². The molecule has 4 aromatic rings. The van der Waals surface area contributed by atoms with E-state index in [4.69, 9.17) is 4.74 Å². The second-order valence-electron chi connectivity index (χ2n) is 7.77. The second-order valence-corrected chi connectivity index (χ2v) is 7.77. The summed E-state index contributed by atoms with van der Waals surface area (Å²) in [6, 6.07) is 24.0. The number of methoxy groups -OCH3 is 1. The normalized spacial score (nSPS) is 11.8. The van der Waals surface area contributed by atoms with Crippen LogP contribution in [-0.2, 0) is 0 Å². The number of para-hydroxylation sites is 1. The van der Waals surface area contributed by atoms with E-state index in [1.807, 2.05) is 44.6 Å². The van der Waals surface area contributed by atoms with Crippen molar-refractivity contribution in [3.05, 3.63) is 95.7 Å². The molecule has 0 saturated carbocycles. The number of nitrogens with one attached hydrogen (secondary N) is 2. The summed E-state index contributed by atoms with van der Waals surface area (Å²) in [6.07, 6.45) is 2.05. The van der Waals surface area contributed by atoms with Gasteiger partial charge in [-0.25, -0.2) is 0 Å². The highest BCUT2D eigenvalue weighted by Crippen LogP contribution is 2.31. The Bertz CT molecular complexity index is 1180. The van der Waals surface area contributed by atoms with Gasteiger partial charge in [0.15, 0.2) is 0 Å². The van der Waals surface area contributed by atoms with Crippen LogP contribution in [0.4, 0.5) is 5.69 Å². The Morgan fingerprint density at radius 3 is 2.55 bits per heavy atom. The van der Waals surface area contributed by atoms with E-state index in [2.05, 4.69) is 51.6 Å². The van der Waals surface area contributed by atoms with E-state index < -0.39 is 0 Å². The van der Waals surface area contributed by atoms with Crippen LogP contribution in [0.1, 0.15) is 27.4 Å². The van der Waals surface area contributed by atoms with E-state index in [0.717, 1.165) is 16.8 Å². The minimum Gasteiger partial charge on any atom is -0.497 e. The Morgan fingerprint density at radius 2 is 1.81 bits per heavy atom. The number of nitrogens with zero attached hydrogens (tertiary/aromatic N) is 1. The smallest absolute Gasteiger partial charge is 0.251 e. The van der Waals surface area contributed by atoms with Gasteiger partial charge in [0.2, 0.25) is 0 Å². The highest BCUT2D eigenvalue weighted by atomic mass is 16.5. The van der Waals surface area contributed by atoms with Crippen LogP contribution in [0.5, 0.6) is 5.75 Å². The number of fused-ring (bicyclic) bond motifs is 1. The van der Waals surface area contributed by atoms with E-state index in [1.165, 1.54) is 10.9 Å². The third kappa shape index (κ3) is 4.40. The van der Waals surface area contributed by atoms with Crippen molar-refractivity contribution in [2.45, 2.75) is 5.92 Å². The van der Waals surface area contributed by atoms with Crippen LogP contribution in [0.3, 0.4) is 0 Å². The Labute approximate surface area is 182 Å². The molecule has 1 unspecified atom stereocenters. The first-order chi connectivity index (χ1) is 15.1. The largest absolute Gasteiger partial charge is 0.497 e. The van der Waals surface area contributed by atoms with Crippen molar-refractivity contribution in [1.29, 1.82) is 0 Å². The van der Waals surface area contributed by atoms with Crippen molar-refractivity contribution in [2.75, 3.05) is 32.6 Å². The van der Waals surface area contributed by atoms with E-state index in [0.29, 0.717) is 17.9 Å². The molecule has 1 heterocycles. The van der Waals surface area contributed by atoms with Crippen molar-refractivity contribution in [3.63, 3.8) is 0 Å². The number of rotatable bonds is 7. The molecule has 1 atom stereocenters. The fourth-order valence-corrected chi connectivity index (χ4v) is 3.86. The van der Waals surface area contributed by atoms with E-state index >= 15 is 0 Å². The molecule has 0 bridgehead atoms. The number of anilines is 1. The topological polar surface area (TPSA) is 57.4 Å². The Hall–Kier alpha value is -3.73. The number of aromatic nitrogens is 1. The Kier molecular flexibility index (Phi) is 5.94. The second kappa shape index (κ2) is 8.96. The number of amides is 1. The fraction of sp³-hybridized carbons (Fsp3) is 0.192. The number of H-pyrrole nitrogens is 1. The average molecular weight is 414 g/mol. The SMILES string of the molecule is COc1cccc(C(=O)NCC(c2ccc(N(C)C)cc2)c2c[nH]c3ccccc23)c1. The van der Waals surface area contributed by atoms with Crippen LogP contribution in [0.15, 0.2) is 79.0 Å². The summed E-state index contributed by atoms with van der Waals surface area (Å²) in [5.41, 5.74) is 5.13.